The van der Waals surface area contributed by atoms with Gasteiger partial charge < -0.3 is 10.3 Å². The van der Waals surface area contributed by atoms with Gasteiger partial charge in [0.25, 0.3) is 0 Å². The number of hydrogen-bond acceptors (Lipinski definition) is 2. The van der Waals surface area contributed by atoms with Gasteiger partial charge in [0, 0.05) is 13.6 Å². The number of aromatic nitrogens is 2. The van der Waals surface area contributed by atoms with Gasteiger partial charge in [0.05, 0.1) is 17.7 Å². The molecule has 3 nitrogen and oxygen atoms in total. The molecule has 3 heteroatoms. The van der Waals surface area contributed by atoms with Crippen molar-refractivity contribution in [3.8, 4) is 0 Å². The van der Waals surface area contributed by atoms with E-state index < -0.39 is 0 Å². The van der Waals surface area contributed by atoms with Gasteiger partial charge in [0.2, 0.25) is 0 Å². The number of nitrogens with two attached hydrogens (primary N) is 1. The van der Waals surface area contributed by atoms with Crippen LogP contribution in [0, 0.1) is 0 Å². The standard InChI is InChI=1S/C13H17N3/c1-16-10-15-12(13(16)9-14)8-7-11-5-3-2-4-6-11/h2-6,10H,7-9,14H2,1H3. The molecule has 0 aliphatic rings. The minimum atomic E-state index is 0.556. The number of aryl methyl sites for hydroxylation is 3. The van der Waals surface area contributed by atoms with Crippen LogP contribution >= 0.6 is 0 Å². The van der Waals surface area contributed by atoms with Crippen LogP contribution in [-0.4, -0.2) is 9.55 Å². The Bertz CT molecular complexity index is 445. The van der Waals surface area contributed by atoms with Crippen LogP contribution in [0.1, 0.15) is 17.0 Å². The summed E-state index contributed by atoms with van der Waals surface area (Å²) in [6.45, 7) is 0.556. The fraction of sp³-hybridized carbons (Fsp3) is 0.308. The molecule has 0 spiro atoms. The maximum atomic E-state index is 5.70. The van der Waals surface area contributed by atoms with Gasteiger partial charge in [0.15, 0.2) is 0 Å². The first-order valence-electron chi connectivity index (χ1n) is 5.54. The molecule has 0 radical (unpaired) electrons. The molecule has 2 aromatic rings. The van der Waals surface area contributed by atoms with E-state index in [0.29, 0.717) is 6.54 Å². The van der Waals surface area contributed by atoms with E-state index in [2.05, 4.69) is 29.2 Å². The first kappa shape index (κ1) is 10.9. The summed E-state index contributed by atoms with van der Waals surface area (Å²) in [5, 5.41) is 0. The molecule has 0 aliphatic carbocycles. The lowest BCUT2D eigenvalue weighted by Crippen LogP contribution is -2.06. The van der Waals surface area contributed by atoms with Crippen LogP contribution in [0.2, 0.25) is 0 Å². The zero-order valence-corrected chi connectivity index (χ0v) is 9.56. The average Bonchev–Trinajstić information content (AvgIpc) is 2.68. The Kier molecular flexibility index (Phi) is 3.37. The molecule has 0 saturated heterocycles. The molecule has 1 heterocycles. The number of hydrogen-bond donors (Lipinski definition) is 1. The molecule has 0 amide bonds. The number of benzene rings is 1. The van der Waals surface area contributed by atoms with Gasteiger partial charge in [-0.1, -0.05) is 30.3 Å². The second-order valence-corrected chi connectivity index (χ2v) is 3.94. The molecule has 0 atom stereocenters. The lowest BCUT2D eigenvalue weighted by molar-refractivity contribution is 0.801. The van der Waals surface area contributed by atoms with Crippen molar-refractivity contribution in [1.29, 1.82) is 0 Å². The first-order valence-corrected chi connectivity index (χ1v) is 5.54. The Morgan fingerprint density at radius 1 is 1.19 bits per heavy atom. The second-order valence-electron chi connectivity index (χ2n) is 3.94. The first-order chi connectivity index (χ1) is 7.81. The lowest BCUT2D eigenvalue weighted by atomic mass is 10.1. The molecule has 0 saturated carbocycles. The number of rotatable bonds is 4. The van der Waals surface area contributed by atoms with Crippen molar-refractivity contribution in [2.75, 3.05) is 0 Å². The van der Waals surface area contributed by atoms with Crippen molar-refractivity contribution in [3.05, 3.63) is 53.6 Å². The van der Waals surface area contributed by atoms with E-state index >= 15 is 0 Å². The van der Waals surface area contributed by atoms with E-state index in [9.17, 15) is 0 Å². The minimum Gasteiger partial charge on any atom is -0.336 e. The molecule has 1 aromatic carbocycles. The molecule has 2 rings (SSSR count). The highest BCUT2D eigenvalue weighted by Gasteiger charge is 2.06. The Morgan fingerprint density at radius 3 is 2.62 bits per heavy atom. The van der Waals surface area contributed by atoms with Crippen molar-refractivity contribution in [2.45, 2.75) is 19.4 Å². The molecular weight excluding hydrogens is 198 g/mol. The van der Waals surface area contributed by atoms with Crippen LogP contribution in [0.5, 0.6) is 0 Å². The van der Waals surface area contributed by atoms with Gasteiger partial charge >= 0.3 is 0 Å². The van der Waals surface area contributed by atoms with Crippen molar-refractivity contribution < 1.29 is 0 Å². The largest absolute Gasteiger partial charge is 0.336 e. The minimum absolute atomic E-state index is 0.556. The summed E-state index contributed by atoms with van der Waals surface area (Å²) in [5.74, 6) is 0. The van der Waals surface area contributed by atoms with Crippen molar-refractivity contribution >= 4 is 0 Å². The Labute approximate surface area is 95.9 Å². The fourth-order valence-electron chi connectivity index (χ4n) is 1.88. The third-order valence-electron chi connectivity index (χ3n) is 2.83. The van der Waals surface area contributed by atoms with Gasteiger partial charge in [-0.2, -0.15) is 0 Å². The highest BCUT2D eigenvalue weighted by molar-refractivity contribution is 5.19. The van der Waals surface area contributed by atoms with Crippen LogP contribution in [0.3, 0.4) is 0 Å². The molecule has 0 unspecified atom stereocenters. The van der Waals surface area contributed by atoms with Crippen LogP contribution in [0.25, 0.3) is 0 Å². The summed E-state index contributed by atoms with van der Waals surface area (Å²) < 4.78 is 2.00. The fourth-order valence-corrected chi connectivity index (χ4v) is 1.88. The van der Waals surface area contributed by atoms with Crippen molar-refractivity contribution in [2.24, 2.45) is 12.8 Å². The summed E-state index contributed by atoms with van der Waals surface area (Å²) in [5.41, 5.74) is 9.30. The molecular formula is C13H17N3. The van der Waals surface area contributed by atoms with Crippen LogP contribution < -0.4 is 5.73 Å². The predicted octanol–water partition coefficient (Wildman–Crippen LogP) is 1.66. The predicted molar refractivity (Wildman–Crippen MR) is 64.9 cm³/mol. The smallest absolute Gasteiger partial charge is 0.0949 e. The monoisotopic (exact) mass is 215 g/mol. The zero-order valence-electron chi connectivity index (χ0n) is 9.56. The topological polar surface area (TPSA) is 43.8 Å². The van der Waals surface area contributed by atoms with E-state index in [4.69, 9.17) is 5.73 Å². The SMILES string of the molecule is Cn1cnc(CCc2ccccc2)c1CN. The summed E-state index contributed by atoms with van der Waals surface area (Å²) in [6.07, 6.45) is 3.81. The Hall–Kier alpha value is -1.61. The Balaban J connectivity index is 2.05. The molecule has 16 heavy (non-hydrogen) atoms. The van der Waals surface area contributed by atoms with E-state index in [-0.39, 0.29) is 0 Å². The van der Waals surface area contributed by atoms with Crippen LogP contribution in [0.15, 0.2) is 36.7 Å². The van der Waals surface area contributed by atoms with Crippen LogP contribution in [-0.2, 0) is 26.4 Å². The second kappa shape index (κ2) is 4.94. The Morgan fingerprint density at radius 2 is 1.94 bits per heavy atom. The third kappa shape index (κ3) is 2.31. The highest BCUT2D eigenvalue weighted by Crippen LogP contribution is 2.10. The summed E-state index contributed by atoms with van der Waals surface area (Å²) in [7, 11) is 1.99. The van der Waals surface area contributed by atoms with E-state index in [0.717, 1.165) is 24.2 Å². The van der Waals surface area contributed by atoms with Gasteiger partial charge in [-0.15, -0.1) is 0 Å². The molecule has 0 fully saturated rings. The van der Waals surface area contributed by atoms with Crippen molar-refractivity contribution in [3.63, 3.8) is 0 Å². The summed E-state index contributed by atoms with van der Waals surface area (Å²) >= 11 is 0. The maximum absolute atomic E-state index is 5.70. The average molecular weight is 215 g/mol. The molecule has 0 aliphatic heterocycles. The van der Waals surface area contributed by atoms with Gasteiger partial charge in [0.1, 0.15) is 0 Å². The van der Waals surface area contributed by atoms with Gasteiger partial charge in [-0.05, 0) is 18.4 Å². The number of imidazole rings is 1. The van der Waals surface area contributed by atoms with Crippen molar-refractivity contribution in [1.82, 2.24) is 9.55 Å². The molecule has 1 aromatic heterocycles. The highest BCUT2D eigenvalue weighted by atomic mass is 15.0. The maximum Gasteiger partial charge on any atom is 0.0949 e. The summed E-state index contributed by atoms with van der Waals surface area (Å²) in [6, 6.07) is 10.5. The molecule has 84 valence electrons. The van der Waals surface area contributed by atoms with E-state index in [1.807, 2.05) is 24.0 Å². The third-order valence-corrected chi connectivity index (χ3v) is 2.83. The summed E-state index contributed by atoms with van der Waals surface area (Å²) in [4.78, 5) is 4.38. The quantitative estimate of drug-likeness (QED) is 0.843. The number of nitrogens with zero attached hydrogens (tertiary/aromatic N) is 2. The van der Waals surface area contributed by atoms with Crippen LogP contribution in [0.4, 0.5) is 0 Å². The molecule has 0 bridgehead atoms. The van der Waals surface area contributed by atoms with Gasteiger partial charge in [-0.3, -0.25) is 0 Å². The normalized spacial score (nSPS) is 10.6. The lowest BCUT2D eigenvalue weighted by Gasteiger charge is -2.03. The van der Waals surface area contributed by atoms with E-state index in [1.54, 1.807) is 0 Å². The zero-order chi connectivity index (χ0) is 11.4. The van der Waals surface area contributed by atoms with Gasteiger partial charge in [-0.25, -0.2) is 4.98 Å². The molecule has 2 N–H and O–H groups in total. The van der Waals surface area contributed by atoms with E-state index in [1.165, 1.54) is 5.56 Å².